The number of hydrogen-bond acceptors (Lipinski definition) is 3. The summed E-state index contributed by atoms with van der Waals surface area (Å²) in [6.07, 6.45) is 13.6. The number of nitrogens with zero attached hydrogens (tertiary/aromatic N) is 1. The largest absolute Gasteiger partial charge is 0.393 e. The first-order valence-electron chi connectivity index (χ1n) is 11.0. The summed E-state index contributed by atoms with van der Waals surface area (Å²) < 4.78 is 13.8. The third kappa shape index (κ3) is 2.87. The first kappa shape index (κ1) is 20.0. The molecule has 1 heterocycles. The van der Waals surface area contributed by atoms with Gasteiger partial charge in [-0.3, -0.25) is 4.98 Å². The van der Waals surface area contributed by atoms with Crippen LogP contribution >= 0.6 is 0 Å². The van der Waals surface area contributed by atoms with Crippen LogP contribution in [0.3, 0.4) is 0 Å². The van der Waals surface area contributed by atoms with Gasteiger partial charge in [-0.2, -0.15) is 0 Å². The normalized spacial score (nSPS) is 43.9. The van der Waals surface area contributed by atoms with E-state index in [4.69, 9.17) is 0 Å². The molecule has 4 aliphatic carbocycles. The molecule has 0 radical (unpaired) electrons. The Hall–Kier alpha value is -1.26. The minimum Gasteiger partial charge on any atom is -0.393 e. The Morgan fingerprint density at radius 2 is 1.93 bits per heavy atom. The number of aromatic nitrogens is 1. The number of pyridine rings is 1. The van der Waals surface area contributed by atoms with Gasteiger partial charge >= 0.3 is 0 Å². The van der Waals surface area contributed by atoms with Gasteiger partial charge in [0.2, 0.25) is 0 Å². The van der Waals surface area contributed by atoms with Crippen molar-refractivity contribution < 1.29 is 9.50 Å². The van der Waals surface area contributed by atoms with Crippen molar-refractivity contribution in [2.45, 2.75) is 64.9 Å². The van der Waals surface area contributed by atoms with Gasteiger partial charge in [0, 0.05) is 6.20 Å². The van der Waals surface area contributed by atoms with Crippen LogP contribution in [-0.4, -0.2) is 23.2 Å². The predicted octanol–water partition coefficient (Wildman–Crippen LogP) is 4.80. The van der Waals surface area contributed by atoms with Crippen molar-refractivity contribution in [1.82, 2.24) is 4.98 Å². The summed E-state index contributed by atoms with van der Waals surface area (Å²) in [7, 11) is 1.50. The van der Waals surface area contributed by atoms with Crippen molar-refractivity contribution in [3.63, 3.8) is 0 Å². The molecule has 1 aromatic rings. The Kier molecular flexibility index (Phi) is 5.16. The molecule has 3 saturated carbocycles. The fraction of sp³-hybridized carbons (Fsp3) is 0.708. The Labute approximate surface area is 168 Å². The molecule has 1 aromatic heterocycles. The topological polar surface area (TPSA) is 59.1 Å². The van der Waals surface area contributed by atoms with E-state index in [0.717, 1.165) is 36.7 Å². The Morgan fingerprint density at radius 3 is 2.68 bits per heavy atom. The van der Waals surface area contributed by atoms with Crippen molar-refractivity contribution in [1.29, 1.82) is 0 Å². The second-order valence-corrected chi connectivity index (χ2v) is 9.95. The Morgan fingerprint density at radius 1 is 1.14 bits per heavy atom. The number of aliphatic hydroxyl groups is 1. The van der Waals surface area contributed by atoms with Crippen LogP contribution in [0.4, 0.5) is 4.39 Å². The highest BCUT2D eigenvalue weighted by Gasteiger charge is 2.59. The summed E-state index contributed by atoms with van der Waals surface area (Å²) in [5.41, 5.74) is 7.28. The van der Waals surface area contributed by atoms with Gasteiger partial charge in [0.1, 0.15) is 5.82 Å². The minimum absolute atomic E-state index is 0.0901. The molecule has 0 spiro atoms. The average Bonchev–Trinajstić information content (AvgIpc) is 3.18. The fourth-order valence-corrected chi connectivity index (χ4v) is 7.73. The van der Waals surface area contributed by atoms with Gasteiger partial charge in [-0.25, -0.2) is 4.39 Å². The van der Waals surface area contributed by atoms with E-state index in [9.17, 15) is 9.50 Å². The molecule has 3 fully saturated rings. The number of halogens is 1. The summed E-state index contributed by atoms with van der Waals surface area (Å²) in [5, 5.41) is 10.3. The van der Waals surface area contributed by atoms with Crippen molar-refractivity contribution in [3.8, 4) is 0 Å². The predicted molar refractivity (Wildman–Crippen MR) is 111 cm³/mol. The summed E-state index contributed by atoms with van der Waals surface area (Å²) >= 11 is 0. The van der Waals surface area contributed by atoms with Crippen LogP contribution in [0.5, 0.6) is 0 Å². The fourth-order valence-electron chi connectivity index (χ4n) is 7.73. The molecule has 4 heteroatoms. The smallest absolute Gasteiger partial charge is 0.142 e. The lowest BCUT2D eigenvalue weighted by Crippen LogP contribution is -2.49. The van der Waals surface area contributed by atoms with Crippen LogP contribution in [0, 0.1) is 40.3 Å². The molecule has 7 unspecified atom stereocenters. The maximum Gasteiger partial charge on any atom is 0.142 e. The van der Waals surface area contributed by atoms with Gasteiger partial charge in [0.25, 0.3) is 0 Å². The molecule has 0 amide bonds. The van der Waals surface area contributed by atoms with E-state index in [-0.39, 0.29) is 17.3 Å². The number of rotatable bonds is 1. The van der Waals surface area contributed by atoms with Crippen molar-refractivity contribution in [2.24, 2.45) is 40.2 Å². The average molecular weight is 387 g/mol. The van der Waals surface area contributed by atoms with Crippen molar-refractivity contribution in [3.05, 3.63) is 35.9 Å². The lowest BCUT2D eigenvalue weighted by molar-refractivity contribution is -0.0657. The molecule has 0 aliphatic heterocycles. The van der Waals surface area contributed by atoms with Gasteiger partial charge in [-0.1, -0.05) is 19.9 Å². The minimum atomic E-state index is -0.239. The zero-order valence-corrected chi connectivity index (χ0v) is 17.5. The van der Waals surface area contributed by atoms with Crippen LogP contribution in [0.1, 0.15) is 64.4 Å². The number of fused-ring (bicyclic) bond motifs is 5. The molecule has 28 heavy (non-hydrogen) atoms. The SMILES string of the molecule is CC12CCC3C(CCC4CC(O)CC43C)C1CC=C2c1cncc(F)c1.CN. The number of aliphatic hydroxyl groups excluding tert-OH is 1. The van der Waals surface area contributed by atoms with Gasteiger partial charge in [0.15, 0.2) is 0 Å². The van der Waals surface area contributed by atoms with Crippen LogP contribution in [-0.2, 0) is 0 Å². The van der Waals surface area contributed by atoms with E-state index in [1.807, 2.05) is 6.20 Å². The molecule has 7 atom stereocenters. The second-order valence-electron chi connectivity index (χ2n) is 9.95. The molecule has 0 bridgehead atoms. The first-order valence-corrected chi connectivity index (χ1v) is 11.0. The lowest BCUT2D eigenvalue weighted by Gasteiger charge is -2.57. The van der Waals surface area contributed by atoms with Crippen molar-refractivity contribution in [2.75, 3.05) is 7.05 Å². The van der Waals surface area contributed by atoms with Crippen molar-refractivity contribution >= 4 is 5.57 Å². The Bertz CT molecular complexity index is 765. The molecular formula is C24H35FN2O. The highest BCUT2D eigenvalue weighted by Crippen LogP contribution is 2.68. The molecule has 0 aromatic carbocycles. The number of allylic oxidation sites excluding steroid dienone is 2. The molecular weight excluding hydrogens is 351 g/mol. The van der Waals surface area contributed by atoms with E-state index in [1.54, 1.807) is 6.07 Å². The molecule has 154 valence electrons. The van der Waals surface area contributed by atoms with Crippen LogP contribution < -0.4 is 5.73 Å². The van der Waals surface area contributed by atoms with Gasteiger partial charge in [0.05, 0.1) is 12.3 Å². The van der Waals surface area contributed by atoms with Gasteiger partial charge < -0.3 is 10.8 Å². The molecule has 0 saturated heterocycles. The van der Waals surface area contributed by atoms with Crippen LogP contribution in [0.25, 0.3) is 5.57 Å². The van der Waals surface area contributed by atoms with Crippen LogP contribution in [0.2, 0.25) is 0 Å². The number of nitrogens with two attached hydrogens (primary N) is 1. The molecule has 4 aliphatic rings. The van der Waals surface area contributed by atoms with Gasteiger partial charge in [-0.05, 0) is 104 Å². The highest BCUT2D eigenvalue weighted by atomic mass is 19.1. The lowest BCUT2D eigenvalue weighted by atomic mass is 9.47. The van der Waals surface area contributed by atoms with Gasteiger partial charge in [-0.15, -0.1) is 0 Å². The highest BCUT2D eigenvalue weighted by molar-refractivity contribution is 5.72. The quantitative estimate of drug-likeness (QED) is 0.729. The van der Waals surface area contributed by atoms with E-state index < -0.39 is 0 Å². The Balaban J connectivity index is 0.000000932. The van der Waals surface area contributed by atoms with Crippen LogP contribution in [0.15, 0.2) is 24.5 Å². The van der Waals surface area contributed by atoms with E-state index in [0.29, 0.717) is 17.3 Å². The summed E-state index contributed by atoms with van der Waals surface area (Å²) in [4.78, 5) is 4.10. The summed E-state index contributed by atoms with van der Waals surface area (Å²) in [5.74, 6) is 2.63. The molecule has 5 rings (SSSR count). The monoisotopic (exact) mass is 386 g/mol. The van der Waals surface area contributed by atoms with E-state index >= 15 is 0 Å². The third-order valence-electron chi connectivity index (χ3n) is 8.89. The molecule has 3 N–H and O–H groups in total. The maximum atomic E-state index is 13.8. The number of hydrogen-bond donors (Lipinski definition) is 2. The van der Waals surface area contributed by atoms with E-state index in [1.165, 1.54) is 44.5 Å². The maximum absolute atomic E-state index is 13.8. The third-order valence-corrected chi connectivity index (χ3v) is 8.89. The summed E-state index contributed by atoms with van der Waals surface area (Å²) in [6.45, 7) is 4.88. The molecule has 3 nitrogen and oxygen atoms in total. The zero-order chi connectivity index (χ0) is 20.1. The summed E-state index contributed by atoms with van der Waals surface area (Å²) in [6, 6.07) is 1.66. The zero-order valence-electron chi connectivity index (χ0n) is 17.5. The second kappa shape index (κ2) is 7.21. The standard InChI is InChI=1S/C23H30FNO.CH5N/c1-22-8-7-21-18(4-3-15-10-17(26)11-23(15,21)2)20(22)6-5-19(22)14-9-16(24)13-25-12-14;1-2/h5,9,12-13,15,17-18,20-21,26H,3-4,6-8,10-11H2,1-2H3;2H2,1H3. The first-order chi connectivity index (χ1) is 13.4. The van der Waals surface area contributed by atoms with E-state index in [2.05, 4.69) is 30.6 Å².